The lowest BCUT2D eigenvalue weighted by molar-refractivity contribution is 0.0452. The first-order chi connectivity index (χ1) is 8.31. The van der Waals surface area contributed by atoms with E-state index in [1.54, 1.807) is 7.11 Å². The number of benzene rings is 1. The summed E-state index contributed by atoms with van der Waals surface area (Å²) in [6.45, 7) is 4.98. The monoisotopic (exact) mass is 239 g/mol. The maximum atomic E-state index is 5.65. The van der Waals surface area contributed by atoms with Gasteiger partial charge in [-0.3, -0.25) is 0 Å². The molecule has 0 bridgehead atoms. The molecule has 0 spiro atoms. The minimum atomic E-state index is 0.468. The van der Waals surface area contributed by atoms with Gasteiger partial charge in [0.15, 0.2) is 0 Å². The largest absolute Gasteiger partial charge is 0.496 e. The summed E-state index contributed by atoms with van der Waals surface area (Å²) in [5.41, 5.74) is 7.75. The molecule has 0 aliphatic rings. The molecule has 96 valence electrons. The van der Waals surface area contributed by atoms with E-state index in [-0.39, 0.29) is 0 Å². The predicted molar refractivity (Wildman–Crippen MR) is 67.0 cm³/mol. The smallest absolute Gasteiger partial charge is 0.123 e. The highest BCUT2D eigenvalue weighted by Gasteiger charge is 2.02. The Kier molecular flexibility index (Phi) is 6.62. The Balaban J connectivity index is 2.43. The van der Waals surface area contributed by atoms with Crippen molar-refractivity contribution in [3.63, 3.8) is 0 Å². The van der Waals surface area contributed by atoms with Crippen molar-refractivity contribution in [2.75, 3.05) is 26.9 Å². The first kappa shape index (κ1) is 14.0. The second kappa shape index (κ2) is 8.06. The van der Waals surface area contributed by atoms with Gasteiger partial charge in [-0.1, -0.05) is 6.07 Å². The van der Waals surface area contributed by atoms with Crippen LogP contribution in [0.2, 0.25) is 0 Å². The van der Waals surface area contributed by atoms with E-state index in [1.807, 2.05) is 25.1 Å². The molecule has 4 heteroatoms. The van der Waals surface area contributed by atoms with E-state index in [9.17, 15) is 0 Å². The second-order valence-electron chi connectivity index (χ2n) is 3.60. The molecule has 1 aromatic rings. The van der Waals surface area contributed by atoms with Crippen molar-refractivity contribution in [1.82, 2.24) is 0 Å². The van der Waals surface area contributed by atoms with Gasteiger partial charge in [-0.15, -0.1) is 0 Å². The van der Waals surface area contributed by atoms with Gasteiger partial charge in [-0.05, 0) is 24.6 Å². The minimum Gasteiger partial charge on any atom is -0.496 e. The van der Waals surface area contributed by atoms with E-state index in [0.29, 0.717) is 26.4 Å². The third kappa shape index (κ3) is 4.73. The summed E-state index contributed by atoms with van der Waals surface area (Å²) in [7, 11) is 1.65. The zero-order chi connectivity index (χ0) is 12.5. The van der Waals surface area contributed by atoms with Crippen molar-refractivity contribution >= 4 is 0 Å². The molecule has 0 amide bonds. The first-order valence-corrected chi connectivity index (χ1v) is 5.83. The Morgan fingerprint density at radius 1 is 1.18 bits per heavy atom. The van der Waals surface area contributed by atoms with Gasteiger partial charge >= 0.3 is 0 Å². The summed E-state index contributed by atoms with van der Waals surface area (Å²) < 4.78 is 15.9. The number of hydrogen-bond acceptors (Lipinski definition) is 4. The summed E-state index contributed by atoms with van der Waals surface area (Å²) in [6, 6.07) is 5.92. The van der Waals surface area contributed by atoms with Crippen LogP contribution < -0.4 is 10.5 Å². The Hall–Kier alpha value is -1.10. The minimum absolute atomic E-state index is 0.468. The van der Waals surface area contributed by atoms with Gasteiger partial charge < -0.3 is 19.9 Å². The van der Waals surface area contributed by atoms with Crippen LogP contribution in [0.5, 0.6) is 5.75 Å². The van der Waals surface area contributed by atoms with Gasteiger partial charge in [-0.25, -0.2) is 0 Å². The van der Waals surface area contributed by atoms with Crippen LogP contribution in [0.3, 0.4) is 0 Å². The van der Waals surface area contributed by atoms with Crippen LogP contribution >= 0.6 is 0 Å². The molecule has 0 aliphatic heterocycles. The fourth-order valence-electron chi connectivity index (χ4n) is 1.53. The normalized spacial score (nSPS) is 10.5. The summed E-state index contributed by atoms with van der Waals surface area (Å²) in [4.78, 5) is 0. The van der Waals surface area contributed by atoms with Crippen LogP contribution in [0.4, 0.5) is 0 Å². The van der Waals surface area contributed by atoms with Crippen molar-refractivity contribution in [3.8, 4) is 5.75 Å². The highest BCUT2D eigenvalue weighted by atomic mass is 16.5. The molecule has 1 aromatic carbocycles. The van der Waals surface area contributed by atoms with Gasteiger partial charge in [0.2, 0.25) is 0 Å². The molecular weight excluding hydrogens is 218 g/mol. The van der Waals surface area contributed by atoms with Crippen molar-refractivity contribution < 1.29 is 14.2 Å². The van der Waals surface area contributed by atoms with E-state index in [2.05, 4.69) is 0 Å². The summed E-state index contributed by atoms with van der Waals surface area (Å²) >= 11 is 0. The lowest BCUT2D eigenvalue weighted by atomic mass is 10.1. The van der Waals surface area contributed by atoms with Crippen molar-refractivity contribution in [2.24, 2.45) is 5.73 Å². The number of hydrogen-bond donors (Lipinski definition) is 1. The molecule has 0 heterocycles. The molecule has 0 fully saturated rings. The van der Waals surface area contributed by atoms with Crippen LogP contribution in [-0.4, -0.2) is 26.9 Å². The van der Waals surface area contributed by atoms with Crippen LogP contribution in [0.1, 0.15) is 18.1 Å². The number of methoxy groups -OCH3 is 1. The average Bonchev–Trinajstić information content (AvgIpc) is 2.38. The number of rotatable bonds is 8. The van der Waals surface area contributed by atoms with Crippen LogP contribution in [0.25, 0.3) is 0 Å². The van der Waals surface area contributed by atoms with Crippen LogP contribution in [-0.2, 0) is 22.6 Å². The molecule has 0 saturated heterocycles. The third-order valence-corrected chi connectivity index (χ3v) is 2.41. The molecule has 0 radical (unpaired) electrons. The SMILES string of the molecule is CCOCCOCc1ccc(OC)c(CN)c1. The fraction of sp³-hybridized carbons (Fsp3) is 0.538. The van der Waals surface area contributed by atoms with E-state index in [1.165, 1.54) is 0 Å². The Morgan fingerprint density at radius 3 is 2.59 bits per heavy atom. The van der Waals surface area contributed by atoms with E-state index < -0.39 is 0 Å². The number of nitrogens with two attached hydrogens (primary N) is 1. The van der Waals surface area contributed by atoms with Crippen LogP contribution in [0.15, 0.2) is 18.2 Å². The van der Waals surface area contributed by atoms with Gasteiger partial charge in [0.05, 0.1) is 26.9 Å². The standard InChI is InChI=1S/C13H21NO3/c1-3-16-6-7-17-10-11-4-5-13(15-2)12(8-11)9-14/h4-5,8H,3,6-7,9-10,14H2,1-2H3. The number of ether oxygens (including phenoxy) is 3. The summed E-state index contributed by atoms with van der Waals surface area (Å²) in [6.07, 6.45) is 0. The zero-order valence-electron chi connectivity index (χ0n) is 10.6. The molecule has 2 N–H and O–H groups in total. The molecule has 1 rings (SSSR count). The van der Waals surface area contributed by atoms with Crippen molar-refractivity contribution in [3.05, 3.63) is 29.3 Å². The lowest BCUT2D eigenvalue weighted by Crippen LogP contribution is -2.05. The van der Waals surface area contributed by atoms with E-state index in [4.69, 9.17) is 19.9 Å². The zero-order valence-corrected chi connectivity index (χ0v) is 10.6. The maximum absolute atomic E-state index is 5.65. The Bertz CT molecular complexity index is 328. The summed E-state index contributed by atoms with van der Waals surface area (Å²) in [5.74, 6) is 0.825. The molecule has 0 unspecified atom stereocenters. The van der Waals surface area contributed by atoms with Crippen molar-refractivity contribution in [2.45, 2.75) is 20.1 Å². The highest BCUT2D eigenvalue weighted by Crippen LogP contribution is 2.19. The van der Waals surface area contributed by atoms with E-state index in [0.717, 1.165) is 23.5 Å². The van der Waals surface area contributed by atoms with Crippen LogP contribution in [0, 0.1) is 0 Å². The molecule has 0 aliphatic carbocycles. The van der Waals surface area contributed by atoms with Gasteiger partial charge in [-0.2, -0.15) is 0 Å². The topological polar surface area (TPSA) is 53.7 Å². The summed E-state index contributed by atoms with van der Waals surface area (Å²) in [5, 5.41) is 0. The Labute approximate surface area is 103 Å². The molecule has 0 atom stereocenters. The Morgan fingerprint density at radius 2 is 1.94 bits per heavy atom. The second-order valence-corrected chi connectivity index (χ2v) is 3.60. The molecular formula is C13H21NO3. The van der Waals surface area contributed by atoms with E-state index >= 15 is 0 Å². The highest BCUT2D eigenvalue weighted by molar-refractivity contribution is 5.36. The van der Waals surface area contributed by atoms with Gasteiger partial charge in [0, 0.05) is 18.7 Å². The third-order valence-electron chi connectivity index (χ3n) is 2.41. The maximum Gasteiger partial charge on any atom is 0.123 e. The van der Waals surface area contributed by atoms with Gasteiger partial charge in [0.1, 0.15) is 5.75 Å². The molecule has 17 heavy (non-hydrogen) atoms. The van der Waals surface area contributed by atoms with Crippen molar-refractivity contribution in [1.29, 1.82) is 0 Å². The molecule has 0 saturated carbocycles. The lowest BCUT2D eigenvalue weighted by Gasteiger charge is -2.09. The average molecular weight is 239 g/mol. The van der Waals surface area contributed by atoms with Gasteiger partial charge in [0.25, 0.3) is 0 Å². The molecule has 0 aromatic heterocycles. The predicted octanol–water partition coefficient (Wildman–Crippen LogP) is 1.71. The quantitative estimate of drug-likeness (QED) is 0.702. The first-order valence-electron chi connectivity index (χ1n) is 5.83. The fourth-order valence-corrected chi connectivity index (χ4v) is 1.53. The molecule has 4 nitrogen and oxygen atoms in total.